The van der Waals surface area contributed by atoms with Crippen molar-refractivity contribution >= 4 is 11.9 Å². The molecule has 0 aromatic heterocycles. The third-order valence-corrected chi connectivity index (χ3v) is 3.60. The molecular formula is C18H15NO3. The lowest BCUT2D eigenvalue weighted by atomic mass is 10.1. The van der Waals surface area contributed by atoms with Gasteiger partial charge in [0.2, 0.25) is 6.10 Å². The number of nitrogens with one attached hydrogen (secondary N) is 1. The molecule has 0 bridgehead atoms. The molecule has 0 heterocycles. The number of fused-ring (bicyclic) bond motifs is 1. The smallest absolute Gasteiger partial charge is 0.339 e. The van der Waals surface area contributed by atoms with Crippen molar-refractivity contribution in [2.45, 2.75) is 6.10 Å². The van der Waals surface area contributed by atoms with E-state index in [4.69, 9.17) is 4.74 Å². The SMILES string of the molecule is CNC(=O)[C@@H](OC(=O)C1=C2C=CC=C2C=C1)c1ccccc1. The Balaban J connectivity index is 1.86. The number of carbonyl (C=O) groups is 2. The number of carbonyl (C=O) groups excluding carboxylic acids is 2. The molecule has 3 rings (SSSR count). The summed E-state index contributed by atoms with van der Waals surface area (Å²) >= 11 is 0. The zero-order valence-electron chi connectivity index (χ0n) is 12.1. The van der Waals surface area contributed by atoms with Gasteiger partial charge in [0.1, 0.15) is 0 Å². The van der Waals surface area contributed by atoms with Crippen LogP contribution in [0.2, 0.25) is 0 Å². The van der Waals surface area contributed by atoms with Crippen molar-refractivity contribution in [1.82, 2.24) is 5.32 Å². The summed E-state index contributed by atoms with van der Waals surface area (Å²) in [5, 5.41) is 2.53. The molecular weight excluding hydrogens is 278 g/mol. The summed E-state index contributed by atoms with van der Waals surface area (Å²) in [4.78, 5) is 24.5. The maximum Gasteiger partial charge on any atom is 0.339 e. The molecule has 0 radical (unpaired) electrons. The first-order valence-corrected chi connectivity index (χ1v) is 6.99. The predicted molar refractivity (Wildman–Crippen MR) is 82.7 cm³/mol. The second kappa shape index (κ2) is 5.85. The molecule has 4 nitrogen and oxygen atoms in total. The Bertz CT molecular complexity index is 739. The average molecular weight is 293 g/mol. The number of esters is 1. The van der Waals surface area contributed by atoms with Crippen molar-refractivity contribution in [2.24, 2.45) is 0 Å². The van der Waals surface area contributed by atoms with Crippen LogP contribution in [0, 0.1) is 0 Å². The van der Waals surface area contributed by atoms with Crippen LogP contribution in [0.5, 0.6) is 0 Å². The van der Waals surface area contributed by atoms with E-state index in [1.165, 1.54) is 7.05 Å². The van der Waals surface area contributed by atoms with Gasteiger partial charge >= 0.3 is 5.97 Å². The Morgan fingerprint density at radius 2 is 1.86 bits per heavy atom. The van der Waals surface area contributed by atoms with E-state index in [1.54, 1.807) is 30.3 Å². The molecule has 1 aromatic carbocycles. The lowest BCUT2D eigenvalue weighted by molar-refractivity contribution is -0.152. The van der Waals surface area contributed by atoms with Crippen LogP contribution in [0.15, 0.2) is 77.4 Å². The van der Waals surface area contributed by atoms with E-state index in [1.807, 2.05) is 30.4 Å². The molecule has 2 aliphatic rings. The van der Waals surface area contributed by atoms with Gasteiger partial charge in [-0.15, -0.1) is 0 Å². The van der Waals surface area contributed by atoms with Crippen LogP contribution in [-0.4, -0.2) is 18.9 Å². The summed E-state index contributed by atoms with van der Waals surface area (Å²) in [5.41, 5.74) is 2.95. The van der Waals surface area contributed by atoms with E-state index < -0.39 is 12.1 Å². The molecule has 1 aromatic rings. The maximum atomic E-state index is 12.4. The van der Waals surface area contributed by atoms with E-state index in [0.29, 0.717) is 11.1 Å². The highest BCUT2D eigenvalue weighted by Crippen LogP contribution is 2.31. The minimum atomic E-state index is -0.960. The fourth-order valence-electron chi connectivity index (χ4n) is 2.47. The first-order chi connectivity index (χ1) is 10.7. The molecule has 0 fully saturated rings. The van der Waals surface area contributed by atoms with E-state index in [9.17, 15) is 9.59 Å². The van der Waals surface area contributed by atoms with Gasteiger partial charge in [-0.2, -0.15) is 0 Å². The third-order valence-electron chi connectivity index (χ3n) is 3.60. The van der Waals surface area contributed by atoms with Crippen molar-refractivity contribution in [1.29, 1.82) is 0 Å². The van der Waals surface area contributed by atoms with E-state index in [0.717, 1.165) is 11.1 Å². The Labute approximate surface area is 128 Å². The predicted octanol–water partition coefficient (Wildman–Crippen LogP) is 2.38. The number of hydrogen-bond donors (Lipinski definition) is 1. The minimum absolute atomic E-state index is 0.357. The standard InChI is InChI=1S/C18H15NO3/c1-19-17(20)16(13-6-3-2-4-7-13)22-18(21)15-11-10-12-8-5-9-14(12)15/h2-11,16H,1H3,(H,19,20)/t16-/m0/s1. The number of rotatable bonds is 4. The zero-order chi connectivity index (χ0) is 15.5. The van der Waals surface area contributed by atoms with Gasteiger partial charge < -0.3 is 10.1 Å². The maximum absolute atomic E-state index is 12.4. The second-order valence-corrected chi connectivity index (χ2v) is 4.95. The number of likely N-dealkylation sites (N-methyl/N-ethyl adjacent to an activating group) is 1. The molecule has 2 aliphatic carbocycles. The quantitative estimate of drug-likeness (QED) is 0.867. The summed E-state index contributed by atoms with van der Waals surface area (Å²) in [6.07, 6.45) is 8.30. The number of ether oxygens (including phenoxy) is 1. The van der Waals surface area contributed by atoms with Gasteiger partial charge in [0.15, 0.2) is 0 Å². The van der Waals surface area contributed by atoms with Gasteiger partial charge in [0.25, 0.3) is 5.91 Å². The molecule has 0 spiro atoms. The Morgan fingerprint density at radius 1 is 1.09 bits per heavy atom. The Hall–Kier alpha value is -2.88. The molecule has 0 saturated carbocycles. The first-order valence-electron chi connectivity index (χ1n) is 6.99. The molecule has 0 aliphatic heterocycles. The molecule has 0 unspecified atom stereocenters. The highest BCUT2D eigenvalue weighted by Gasteiger charge is 2.28. The summed E-state index contributed by atoms with van der Waals surface area (Å²) in [7, 11) is 1.52. The van der Waals surface area contributed by atoms with Crippen LogP contribution in [0.25, 0.3) is 0 Å². The minimum Gasteiger partial charge on any atom is -0.444 e. The van der Waals surface area contributed by atoms with Crippen molar-refractivity contribution < 1.29 is 14.3 Å². The van der Waals surface area contributed by atoms with Crippen LogP contribution in [0.3, 0.4) is 0 Å². The normalized spacial score (nSPS) is 16.3. The Kier molecular flexibility index (Phi) is 3.74. The van der Waals surface area contributed by atoms with Crippen molar-refractivity contribution in [3.63, 3.8) is 0 Å². The van der Waals surface area contributed by atoms with Gasteiger partial charge in [-0.05, 0) is 17.2 Å². The van der Waals surface area contributed by atoms with Gasteiger partial charge in [-0.3, -0.25) is 4.79 Å². The fraction of sp³-hybridized carbons (Fsp3) is 0.111. The van der Waals surface area contributed by atoms with Crippen LogP contribution < -0.4 is 5.32 Å². The summed E-state index contributed by atoms with van der Waals surface area (Å²) in [6, 6.07) is 8.97. The molecule has 0 saturated heterocycles. The highest BCUT2D eigenvalue weighted by molar-refractivity contribution is 5.98. The first kappa shape index (κ1) is 14.1. The largest absolute Gasteiger partial charge is 0.444 e. The third kappa shape index (κ3) is 2.51. The number of hydrogen-bond acceptors (Lipinski definition) is 3. The van der Waals surface area contributed by atoms with Crippen molar-refractivity contribution in [3.8, 4) is 0 Å². The lowest BCUT2D eigenvalue weighted by Gasteiger charge is -2.17. The van der Waals surface area contributed by atoms with Gasteiger partial charge in [-0.25, -0.2) is 4.79 Å². The lowest BCUT2D eigenvalue weighted by Crippen LogP contribution is -2.29. The second-order valence-electron chi connectivity index (χ2n) is 4.95. The van der Waals surface area contributed by atoms with Crippen molar-refractivity contribution in [2.75, 3.05) is 7.05 Å². The van der Waals surface area contributed by atoms with Crippen LogP contribution in [-0.2, 0) is 14.3 Å². The fourth-order valence-corrected chi connectivity index (χ4v) is 2.47. The van der Waals surface area contributed by atoms with E-state index in [-0.39, 0.29) is 5.91 Å². The average Bonchev–Trinajstić information content (AvgIpc) is 3.15. The van der Waals surface area contributed by atoms with Crippen molar-refractivity contribution in [3.05, 3.63) is 83.0 Å². The number of amides is 1. The number of benzene rings is 1. The molecule has 4 heteroatoms. The topological polar surface area (TPSA) is 55.4 Å². The molecule has 110 valence electrons. The molecule has 1 amide bonds. The summed E-state index contributed by atoms with van der Waals surface area (Å²) < 4.78 is 5.46. The monoisotopic (exact) mass is 293 g/mol. The number of allylic oxidation sites excluding steroid dienone is 6. The van der Waals surface area contributed by atoms with E-state index in [2.05, 4.69) is 5.32 Å². The molecule has 1 N–H and O–H groups in total. The Morgan fingerprint density at radius 3 is 2.59 bits per heavy atom. The summed E-state index contributed by atoms with van der Waals surface area (Å²) in [6.45, 7) is 0. The van der Waals surface area contributed by atoms with Gasteiger partial charge in [-0.1, -0.05) is 54.6 Å². The molecule has 22 heavy (non-hydrogen) atoms. The highest BCUT2D eigenvalue weighted by atomic mass is 16.5. The zero-order valence-corrected chi connectivity index (χ0v) is 12.1. The van der Waals surface area contributed by atoms with Gasteiger partial charge in [0, 0.05) is 12.6 Å². The van der Waals surface area contributed by atoms with E-state index >= 15 is 0 Å². The summed E-state index contributed by atoms with van der Waals surface area (Å²) in [5.74, 6) is -0.858. The van der Waals surface area contributed by atoms with Crippen LogP contribution in [0.1, 0.15) is 11.7 Å². The molecule has 1 atom stereocenters. The van der Waals surface area contributed by atoms with Crippen LogP contribution >= 0.6 is 0 Å². The van der Waals surface area contributed by atoms with Crippen LogP contribution in [0.4, 0.5) is 0 Å². The van der Waals surface area contributed by atoms with Gasteiger partial charge in [0.05, 0.1) is 5.57 Å².